The molecule has 1 atom stereocenters. The Hall–Kier alpha value is -1.42. The van der Waals surface area contributed by atoms with Crippen LogP contribution in [0, 0.1) is 11.7 Å². The number of amides is 1. The zero-order chi connectivity index (χ0) is 13.4. The first-order valence-electron chi connectivity index (χ1n) is 6.36. The molecule has 0 spiro atoms. The van der Waals surface area contributed by atoms with Crippen LogP contribution in [0.4, 0.5) is 4.39 Å². The Labute approximate surface area is 108 Å². The van der Waals surface area contributed by atoms with Crippen LogP contribution in [-0.4, -0.2) is 25.5 Å². The summed E-state index contributed by atoms with van der Waals surface area (Å²) in [6.07, 6.45) is 0.722. The summed E-state index contributed by atoms with van der Waals surface area (Å²) in [5.41, 5.74) is 1.02. The molecule has 0 saturated carbocycles. The van der Waals surface area contributed by atoms with Gasteiger partial charge in [-0.15, -0.1) is 0 Å². The van der Waals surface area contributed by atoms with Crippen LogP contribution in [0.25, 0.3) is 0 Å². The van der Waals surface area contributed by atoms with Crippen molar-refractivity contribution in [3.05, 3.63) is 35.6 Å². The van der Waals surface area contributed by atoms with E-state index in [1.165, 1.54) is 12.1 Å². The van der Waals surface area contributed by atoms with Crippen molar-refractivity contribution in [2.24, 2.45) is 5.92 Å². The van der Waals surface area contributed by atoms with E-state index in [1.54, 1.807) is 12.1 Å². The summed E-state index contributed by atoms with van der Waals surface area (Å²) < 4.78 is 12.7. The average Bonchev–Trinajstić information content (AvgIpc) is 2.38. The third kappa shape index (κ3) is 5.27. The highest BCUT2D eigenvalue weighted by Crippen LogP contribution is 2.03. The van der Waals surface area contributed by atoms with Crippen LogP contribution in [0.2, 0.25) is 0 Å². The molecule has 0 aromatic heterocycles. The summed E-state index contributed by atoms with van der Waals surface area (Å²) in [5.74, 6) is -0.210. The minimum absolute atomic E-state index is 0.0295. The maximum Gasteiger partial charge on any atom is 0.224 e. The van der Waals surface area contributed by atoms with Crippen molar-refractivity contribution in [2.75, 3.05) is 19.6 Å². The molecule has 18 heavy (non-hydrogen) atoms. The van der Waals surface area contributed by atoms with E-state index >= 15 is 0 Å². The van der Waals surface area contributed by atoms with E-state index in [4.69, 9.17) is 0 Å². The molecule has 100 valence electrons. The Morgan fingerprint density at radius 2 is 2.00 bits per heavy atom. The SMILES string of the molecule is CCNCC(C)C(=O)NCCc1ccc(F)cc1. The van der Waals surface area contributed by atoms with E-state index in [-0.39, 0.29) is 17.6 Å². The molecule has 2 N–H and O–H groups in total. The van der Waals surface area contributed by atoms with Crippen molar-refractivity contribution >= 4 is 5.91 Å². The summed E-state index contributed by atoms with van der Waals surface area (Å²) in [5, 5.41) is 6.02. The molecule has 0 fully saturated rings. The lowest BCUT2D eigenvalue weighted by Crippen LogP contribution is -2.36. The van der Waals surface area contributed by atoms with Gasteiger partial charge in [-0.2, -0.15) is 0 Å². The van der Waals surface area contributed by atoms with Crippen LogP contribution < -0.4 is 10.6 Å². The molecular formula is C14H21FN2O. The van der Waals surface area contributed by atoms with Gasteiger partial charge in [0.2, 0.25) is 5.91 Å². The van der Waals surface area contributed by atoms with E-state index < -0.39 is 0 Å². The number of carbonyl (C=O) groups is 1. The lowest BCUT2D eigenvalue weighted by Gasteiger charge is -2.12. The molecule has 0 aliphatic rings. The lowest BCUT2D eigenvalue weighted by atomic mass is 10.1. The van der Waals surface area contributed by atoms with Gasteiger partial charge in [-0.25, -0.2) is 4.39 Å². The number of hydrogen-bond acceptors (Lipinski definition) is 2. The summed E-state index contributed by atoms with van der Waals surface area (Å²) >= 11 is 0. The predicted molar refractivity (Wildman–Crippen MR) is 70.8 cm³/mol. The van der Waals surface area contributed by atoms with E-state index in [9.17, 15) is 9.18 Å². The summed E-state index contributed by atoms with van der Waals surface area (Å²) in [6.45, 7) is 6.06. The predicted octanol–water partition coefficient (Wildman–Crippen LogP) is 1.73. The minimum Gasteiger partial charge on any atom is -0.355 e. The number of carbonyl (C=O) groups excluding carboxylic acids is 1. The van der Waals surface area contributed by atoms with Crippen LogP contribution in [-0.2, 0) is 11.2 Å². The second-order valence-corrected chi connectivity index (χ2v) is 4.38. The van der Waals surface area contributed by atoms with Crippen molar-refractivity contribution in [1.29, 1.82) is 0 Å². The van der Waals surface area contributed by atoms with Crippen LogP contribution in [0.5, 0.6) is 0 Å². The normalized spacial score (nSPS) is 12.2. The van der Waals surface area contributed by atoms with Gasteiger partial charge >= 0.3 is 0 Å². The molecule has 0 bridgehead atoms. The smallest absolute Gasteiger partial charge is 0.224 e. The maximum absolute atomic E-state index is 12.7. The van der Waals surface area contributed by atoms with Gasteiger partial charge in [0.05, 0.1) is 0 Å². The molecular weight excluding hydrogens is 231 g/mol. The zero-order valence-corrected chi connectivity index (χ0v) is 11.0. The van der Waals surface area contributed by atoms with Gasteiger partial charge < -0.3 is 10.6 Å². The second-order valence-electron chi connectivity index (χ2n) is 4.38. The Kier molecular flexibility index (Phi) is 6.36. The number of halogens is 1. The van der Waals surface area contributed by atoms with Crippen molar-refractivity contribution in [3.63, 3.8) is 0 Å². The van der Waals surface area contributed by atoms with Crippen LogP contribution >= 0.6 is 0 Å². The Morgan fingerprint density at radius 1 is 1.33 bits per heavy atom. The van der Waals surface area contributed by atoms with E-state index in [2.05, 4.69) is 10.6 Å². The molecule has 1 rings (SSSR count). The van der Waals surface area contributed by atoms with E-state index in [0.29, 0.717) is 13.1 Å². The maximum atomic E-state index is 12.7. The summed E-state index contributed by atoms with van der Waals surface area (Å²) in [7, 11) is 0. The van der Waals surface area contributed by atoms with Gasteiger partial charge in [-0.3, -0.25) is 4.79 Å². The minimum atomic E-state index is -0.234. The Balaban J connectivity index is 2.24. The summed E-state index contributed by atoms with van der Waals surface area (Å²) in [6, 6.07) is 6.35. The third-order valence-electron chi connectivity index (χ3n) is 2.77. The molecule has 1 unspecified atom stereocenters. The van der Waals surface area contributed by atoms with Gasteiger partial charge in [0, 0.05) is 19.0 Å². The standard InChI is InChI=1S/C14H21FN2O/c1-3-16-10-11(2)14(18)17-9-8-12-4-6-13(15)7-5-12/h4-7,11,16H,3,8-10H2,1-2H3,(H,17,18). The van der Waals surface area contributed by atoms with Crippen molar-refractivity contribution in [2.45, 2.75) is 20.3 Å². The Bertz CT molecular complexity index is 365. The van der Waals surface area contributed by atoms with Crippen molar-refractivity contribution < 1.29 is 9.18 Å². The quantitative estimate of drug-likeness (QED) is 0.776. The molecule has 1 aromatic rings. The zero-order valence-electron chi connectivity index (χ0n) is 11.0. The molecule has 0 aliphatic heterocycles. The molecule has 4 heteroatoms. The van der Waals surface area contributed by atoms with Crippen LogP contribution in [0.3, 0.4) is 0 Å². The number of nitrogens with one attached hydrogen (secondary N) is 2. The van der Waals surface area contributed by atoms with Gasteiger partial charge in [0.1, 0.15) is 5.82 Å². The average molecular weight is 252 g/mol. The number of rotatable bonds is 7. The van der Waals surface area contributed by atoms with Crippen molar-refractivity contribution in [1.82, 2.24) is 10.6 Å². The summed E-state index contributed by atoms with van der Waals surface area (Å²) in [4.78, 5) is 11.7. The molecule has 1 amide bonds. The fraction of sp³-hybridized carbons (Fsp3) is 0.500. The van der Waals surface area contributed by atoms with Crippen LogP contribution in [0.1, 0.15) is 19.4 Å². The highest BCUT2D eigenvalue weighted by Gasteiger charge is 2.10. The second kappa shape index (κ2) is 7.82. The van der Waals surface area contributed by atoms with Crippen molar-refractivity contribution in [3.8, 4) is 0 Å². The monoisotopic (exact) mass is 252 g/mol. The van der Waals surface area contributed by atoms with Gasteiger partial charge in [-0.05, 0) is 30.7 Å². The molecule has 0 aliphatic carbocycles. The third-order valence-corrected chi connectivity index (χ3v) is 2.77. The topological polar surface area (TPSA) is 41.1 Å². The molecule has 0 radical (unpaired) electrons. The molecule has 3 nitrogen and oxygen atoms in total. The number of hydrogen-bond donors (Lipinski definition) is 2. The lowest BCUT2D eigenvalue weighted by molar-refractivity contribution is -0.124. The highest BCUT2D eigenvalue weighted by molar-refractivity contribution is 5.78. The van der Waals surface area contributed by atoms with E-state index in [0.717, 1.165) is 18.5 Å². The largest absolute Gasteiger partial charge is 0.355 e. The molecule has 1 aromatic carbocycles. The first kappa shape index (κ1) is 14.6. The first-order valence-corrected chi connectivity index (χ1v) is 6.36. The van der Waals surface area contributed by atoms with Gasteiger partial charge in [-0.1, -0.05) is 26.0 Å². The molecule has 0 saturated heterocycles. The highest BCUT2D eigenvalue weighted by atomic mass is 19.1. The first-order chi connectivity index (χ1) is 8.63. The Morgan fingerprint density at radius 3 is 2.61 bits per heavy atom. The number of benzene rings is 1. The van der Waals surface area contributed by atoms with E-state index in [1.807, 2.05) is 13.8 Å². The fourth-order valence-electron chi connectivity index (χ4n) is 1.61. The van der Waals surface area contributed by atoms with Gasteiger partial charge in [0.15, 0.2) is 0 Å². The molecule has 0 heterocycles. The van der Waals surface area contributed by atoms with Crippen LogP contribution in [0.15, 0.2) is 24.3 Å². The fourth-order valence-corrected chi connectivity index (χ4v) is 1.61. The van der Waals surface area contributed by atoms with Gasteiger partial charge in [0.25, 0.3) is 0 Å².